The Morgan fingerprint density at radius 1 is 1.00 bits per heavy atom. The van der Waals surface area contributed by atoms with Crippen LogP contribution in [-0.2, 0) is 19.4 Å². The van der Waals surface area contributed by atoms with Gasteiger partial charge in [0.2, 0.25) is 0 Å². The van der Waals surface area contributed by atoms with E-state index in [1.807, 2.05) is 19.1 Å². The van der Waals surface area contributed by atoms with Crippen LogP contribution < -0.4 is 0 Å². The summed E-state index contributed by atoms with van der Waals surface area (Å²) < 4.78 is 28.0. The number of carbonyl (C=O) groups is 2. The van der Waals surface area contributed by atoms with Crippen molar-refractivity contribution in [2.24, 2.45) is 34.5 Å². The van der Waals surface area contributed by atoms with E-state index in [-0.39, 0.29) is 29.5 Å². The molecule has 1 unspecified atom stereocenters. The van der Waals surface area contributed by atoms with E-state index in [0.717, 1.165) is 49.7 Å². The zero-order chi connectivity index (χ0) is 23.8. The predicted molar refractivity (Wildman–Crippen MR) is 128 cm³/mol. The third-order valence-electron chi connectivity index (χ3n) is 10.3. The van der Waals surface area contributed by atoms with Crippen LogP contribution in [0.3, 0.4) is 0 Å². The monoisotopic (exact) mass is 468 g/mol. The molecule has 33 heavy (non-hydrogen) atoms. The number of carbonyl (C=O) groups excluding carboxylic acids is 2. The van der Waals surface area contributed by atoms with Crippen molar-refractivity contribution < 1.29 is 18.0 Å². The lowest BCUT2D eigenvalue weighted by molar-refractivity contribution is -0.128. The number of aryl methyl sites for hydroxylation is 1. The molecule has 0 aliphatic heterocycles. The number of hydrogen-bond acceptors (Lipinski definition) is 4. The molecular weight excluding hydrogens is 432 g/mol. The standard InChI is InChI=1S/C28H36O4S/c1-17-5-8-21(9-6-17)33(31,32)26-16-20(30)15-19-7-10-22-24-12-11-23(18(2)29)27(24,3)14-13-25(22)28(19,26)4/h5-6,8-9,15,22-26H,7,10-14,16H2,1-4H3/t22-,23+,24-,25-,26?,27+,28-/m0/s1. The second-order valence-electron chi connectivity index (χ2n) is 11.7. The summed E-state index contributed by atoms with van der Waals surface area (Å²) in [5.74, 6) is 1.50. The lowest BCUT2D eigenvalue weighted by Crippen LogP contribution is -2.57. The molecule has 0 N–H and O–H groups in total. The van der Waals surface area contributed by atoms with Crippen molar-refractivity contribution >= 4 is 21.4 Å². The van der Waals surface area contributed by atoms with Crippen molar-refractivity contribution in [2.45, 2.75) is 82.8 Å². The number of ketones is 2. The van der Waals surface area contributed by atoms with Gasteiger partial charge in [0.25, 0.3) is 0 Å². The van der Waals surface area contributed by atoms with Crippen molar-refractivity contribution in [3.63, 3.8) is 0 Å². The van der Waals surface area contributed by atoms with E-state index >= 15 is 0 Å². The van der Waals surface area contributed by atoms with Gasteiger partial charge in [-0.2, -0.15) is 0 Å². The van der Waals surface area contributed by atoms with E-state index in [9.17, 15) is 18.0 Å². The Balaban J connectivity index is 1.57. The first-order valence-electron chi connectivity index (χ1n) is 12.5. The molecule has 7 atom stereocenters. The van der Waals surface area contributed by atoms with Gasteiger partial charge in [-0.15, -0.1) is 0 Å². The lowest BCUT2D eigenvalue weighted by atomic mass is 9.46. The molecule has 0 radical (unpaired) electrons. The van der Waals surface area contributed by atoms with Crippen molar-refractivity contribution in [1.82, 2.24) is 0 Å². The van der Waals surface area contributed by atoms with Crippen molar-refractivity contribution in [1.29, 1.82) is 0 Å². The topological polar surface area (TPSA) is 68.3 Å². The number of allylic oxidation sites excluding steroid dienone is 1. The van der Waals surface area contributed by atoms with Gasteiger partial charge in [-0.25, -0.2) is 8.42 Å². The number of sulfone groups is 1. The fourth-order valence-corrected chi connectivity index (χ4v) is 10.8. The number of hydrogen-bond donors (Lipinski definition) is 0. The van der Waals surface area contributed by atoms with Crippen molar-refractivity contribution in [2.75, 3.05) is 0 Å². The molecule has 0 bridgehead atoms. The van der Waals surface area contributed by atoms with Crippen LogP contribution in [0.4, 0.5) is 0 Å². The summed E-state index contributed by atoms with van der Waals surface area (Å²) in [5.41, 5.74) is 1.56. The molecule has 0 spiro atoms. The first kappa shape index (κ1) is 23.0. The molecule has 4 nitrogen and oxygen atoms in total. The molecule has 5 rings (SSSR count). The molecule has 1 aromatic carbocycles. The maximum Gasteiger partial charge on any atom is 0.182 e. The fraction of sp³-hybridized carbons (Fsp3) is 0.643. The van der Waals surface area contributed by atoms with E-state index in [1.54, 1.807) is 25.1 Å². The number of Topliss-reactive ketones (excluding diaryl/α,β-unsaturated/α-hetero) is 1. The molecule has 4 aliphatic carbocycles. The molecule has 178 valence electrons. The largest absolute Gasteiger partial charge is 0.300 e. The molecule has 0 heterocycles. The van der Waals surface area contributed by atoms with E-state index < -0.39 is 20.5 Å². The molecule has 5 heteroatoms. The number of benzene rings is 1. The van der Waals surface area contributed by atoms with E-state index in [0.29, 0.717) is 22.5 Å². The van der Waals surface area contributed by atoms with Crippen LogP contribution >= 0.6 is 0 Å². The highest BCUT2D eigenvalue weighted by Gasteiger charge is 2.63. The van der Waals surface area contributed by atoms with Crippen LogP contribution in [0.15, 0.2) is 40.8 Å². The molecule has 0 saturated heterocycles. The van der Waals surface area contributed by atoms with E-state index in [1.165, 1.54) is 0 Å². The smallest absolute Gasteiger partial charge is 0.182 e. The summed E-state index contributed by atoms with van der Waals surface area (Å²) in [7, 11) is -3.67. The SMILES string of the molecule is CC(=O)[C@H]1CC[C@H]2[C@@H]3CCC4=CC(=O)CC(S(=O)(=O)c5ccc(C)cc5)[C@]4(C)[C@H]3CC[C@]12C. The van der Waals surface area contributed by atoms with Gasteiger partial charge in [0.05, 0.1) is 10.1 Å². The first-order valence-corrected chi connectivity index (χ1v) is 14.1. The summed E-state index contributed by atoms with van der Waals surface area (Å²) in [6, 6.07) is 7.08. The summed E-state index contributed by atoms with van der Waals surface area (Å²) in [6.45, 7) is 8.14. The highest BCUT2D eigenvalue weighted by atomic mass is 32.2. The van der Waals surface area contributed by atoms with E-state index in [2.05, 4.69) is 13.8 Å². The highest BCUT2D eigenvalue weighted by molar-refractivity contribution is 7.92. The molecular formula is C28H36O4S. The average molecular weight is 469 g/mol. The molecule has 1 aromatic rings. The first-order chi connectivity index (χ1) is 15.5. The minimum Gasteiger partial charge on any atom is -0.300 e. The van der Waals surface area contributed by atoms with Gasteiger partial charge in [0.1, 0.15) is 5.78 Å². The van der Waals surface area contributed by atoms with Crippen LogP contribution in [-0.4, -0.2) is 25.2 Å². The molecule has 0 amide bonds. The summed E-state index contributed by atoms with van der Waals surface area (Å²) >= 11 is 0. The van der Waals surface area contributed by atoms with Gasteiger partial charge in [0, 0.05) is 17.8 Å². The molecule has 0 aromatic heterocycles. The normalized spacial score (nSPS) is 40.4. The zero-order valence-electron chi connectivity index (χ0n) is 20.3. The van der Waals surface area contributed by atoms with Gasteiger partial charge in [-0.05, 0) is 93.7 Å². The van der Waals surface area contributed by atoms with Crippen LogP contribution in [0.25, 0.3) is 0 Å². The number of fused-ring (bicyclic) bond motifs is 5. The Hall–Kier alpha value is -1.75. The average Bonchev–Trinajstić information content (AvgIpc) is 3.11. The lowest BCUT2D eigenvalue weighted by Gasteiger charge is -2.59. The Kier molecular flexibility index (Phi) is 5.32. The second-order valence-corrected chi connectivity index (χ2v) is 13.8. The summed E-state index contributed by atoms with van der Waals surface area (Å²) in [6.07, 6.45) is 7.56. The highest BCUT2D eigenvalue weighted by Crippen LogP contribution is 2.67. The Morgan fingerprint density at radius 3 is 2.36 bits per heavy atom. The molecule has 3 saturated carbocycles. The van der Waals surface area contributed by atoms with Crippen LogP contribution in [0.2, 0.25) is 0 Å². The Labute approximate surface area is 198 Å². The van der Waals surface area contributed by atoms with Gasteiger partial charge in [-0.1, -0.05) is 37.1 Å². The predicted octanol–water partition coefficient (Wildman–Crippen LogP) is 5.48. The number of rotatable bonds is 3. The van der Waals surface area contributed by atoms with E-state index in [4.69, 9.17) is 0 Å². The van der Waals surface area contributed by atoms with Gasteiger partial charge >= 0.3 is 0 Å². The van der Waals surface area contributed by atoms with Gasteiger partial charge in [0.15, 0.2) is 15.6 Å². The quantitative estimate of drug-likeness (QED) is 0.589. The third kappa shape index (κ3) is 3.25. The minimum atomic E-state index is -3.67. The van der Waals surface area contributed by atoms with Crippen LogP contribution in [0, 0.1) is 41.4 Å². The Bertz CT molecular complexity index is 1130. The van der Waals surface area contributed by atoms with Crippen LogP contribution in [0.5, 0.6) is 0 Å². The van der Waals surface area contributed by atoms with Gasteiger partial charge < -0.3 is 0 Å². The minimum absolute atomic E-state index is 0.0282. The summed E-state index contributed by atoms with van der Waals surface area (Å²) in [4.78, 5) is 25.5. The second kappa shape index (κ2) is 7.63. The Morgan fingerprint density at radius 2 is 1.70 bits per heavy atom. The van der Waals surface area contributed by atoms with Crippen molar-refractivity contribution in [3.8, 4) is 0 Å². The van der Waals surface area contributed by atoms with Crippen LogP contribution in [0.1, 0.15) is 71.3 Å². The van der Waals surface area contributed by atoms with Gasteiger partial charge in [-0.3, -0.25) is 9.59 Å². The third-order valence-corrected chi connectivity index (χ3v) is 12.6. The molecule has 4 aliphatic rings. The molecule has 3 fully saturated rings. The van der Waals surface area contributed by atoms with Crippen molar-refractivity contribution in [3.05, 3.63) is 41.5 Å². The maximum atomic E-state index is 14.0. The fourth-order valence-electron chi connectivity index (χ4n) is 8.58. The zero-order valence-corrected chi connectivity index (χ0v) is 21.1. The maximum absolute atomic E-state index is 14.0. The summed E-state index contributed by atoms with van der Waals surface area (Å²) in [5, 5.41) is -0.720.